The van der Waals surface area contributed by atoms with Crippen molar-refractivity contribution in [1.29, 1.82) is 0 Å². The molecule has 22 heavy (non-hydrogen) atoms. The fraction of sp³-hybridized carbons (Fsp3) is 0.158. The Labute approximate surface area is 129 Å². The monoisotopic (exact) mass is 291 g/mol. The Morgan fingerprint density at radius 1 is 0.727 bits per heavy atom. The molecule has 0 amide bonds. The molecule has 4 rings (SSSR count). The summed E-state index contributed by atoms with van der Waals surface area (Å²) in [6, 6.07) is 19.1. The van der Waals surface area contributed by atoms with Gasteiger partial charge in [-0.25, -0.2) is 0 Å². The van der Waals surface area contributed by atoms with Gasteiger partial charge in [-0.15, -0.1) is 0 Å². The Kier molecular flexibility index (Phi) is 3.31. The van der Waals surface area contributed by atoms with Crippen molar-refractivity contribution in [1.82, 2.24) is 4.57 Å². The Bertz CT molecular complexity index is 736. The molecule has 2 aromatic carbocycles. The first-order valence-electron chi connectivity index (χ1n) is 7.48. The number of ether oxygens (including phenoxy) is 2. The predicted octanol–water partition coefficient (Wildman–Crippen LogP) is 3.97. The summed E-state index contributed by atoms with van der Waals surface area (Å²) in [7, 11) is 0. The van der Waals surface area contributed by atoms with Crippen molar-refractivity contribution in [3.05, 3.63) is 72.6 Å². The van der Waals surface area contributed by atoms with Crippen molar-refractivity contribution in [2.24, 2.45) is 0 Å². The molecule has 1 aliphatic rings. The standard InChI is InChI=1S/C19H17NO2/c1-2-4-16(5-3-1)17-8-6-15(7-9-17)12-20-13-18-19(14-20)22-11-10-21-18/h1-9,13-14H,10-12H2. The number of hydrogen-bond donors (Lipinski definition) is 0. The van der Waals surface area contributed by atoms with Crippen LogP contribution in [0.15, 0.2) is 67.0 Å². The van der Waals surface area contributed by atoms with Gasteiger partial charge in [0.05, 0.1) is 12.4 Å². The number of fused-ring (bicyclic) bond motifs is 1. The van der Waals surface area contributed by atoms with Crippen LogP contribution >= 0.6 is 0 Å². The third-order valence-corrected chi connectivity index (χ3v) is 3.83. The maximum atomic E-state index is 5.57. The van der Waals surface area contributed by atoms with Gasteiger partial charge in [-0.1, -0.05) is 54.6 Å². The molecule has 0 aliphatic carbocycles. The lowest BCUT2D eigenvalue weighted by Crippen LogP contribution is -2.13. The molecule has 0 radical (unpaired) electrons. The number of rotatable bonds is 3. The molecule has 1 aliphatic heterocycles. The molecule has 3 nitrogen and oxygen atoms in total. The summed E-state index contributed by atoms with van der Waals surface area (Å²) in [6.07, 6.45) is 4.00. The maximum absolute atomic E-state index is 5.57. The molecule has 0 bridgehead atoms. The lowest BCUT2D eigenvalue weighted by Gasteiger charge is -2.13. The number of aromatic nitrogens is 1. The van der Waals surface area contributed by atoms with Gasteiger partial charge in [0.15, 0.2) is 11.5 Å². The maximum Gasteiger partial charge on any atom is 0.179 e. The Morgan fingerprint density at radius 2 is 1.32 bits per heavy atom. The lowest BCUT2D eigenvalue weighted by atomic mass is 10.0. The molecule has 0 atom stereocenters. The largest absolute Gasteiger partial charge is 0.485 e. The molecule has 0 fully saturated rings. The quantitative estimate of drug-likeness (QED) is 0.729. The number of benzene rings is 2. The van der Waals surface area contributed by atoms with E-state index in [0.29, 0.717) is 13.2 Å². The van der Waals surface area contributed by atoms with E-state index in [-0.39, 0.29) is 0 Å². The third-order valence-electron chi connectivity index (χ3n) is 3.83. The zero-order valence-corrected chi connectivity index (χ0v) is 12.2. The van der Waals surface area contributed by atoms with Crippen LogP contribution in [0, 0.1) is 0 Å². The minimum absolute atomic E-state index is 0.628. The molecule has 1 aromatic heterocycles. The van der Waals surface area contributed by atoms with Gasteiger partial charge in [-0.05, 0) is 16.7 Å². The van der Waals surface area contributed by atoms with Crippen molar-refractivity contribution in [3.8, 4) is 22.6 Å². The second-order valence-electron chi connectivity index (χ2n) is 5.42. The summed E-state index contributed by atoms with van der Waals surface area (Å²) in [5.74, 6) is 1.68. The van der Waals surface area contributed by atoms with Crippen molar-refractivity contribution < 1.29 is 9.47 Å². The topological polar surface area (TPSA) is 23.4 Å². The van der Waals surface area contributed by atoms with Gasteiger partial charge < -0.3 is 14.0 Å². The summed E-state index contributed by atoms with van der Waals surface area (Å²) >= 11 is 0. The Morgan fingerprint density at radius 3 is 1.95 bits per heavy atom. The summed E-state index contributed by atoms with van der Waals surface area (Å²) in [5, 5.41) is 0. The van der Waals surface area contributed by atoms with Crippen molar-refractivity contribution in [2.75, 3.05) is 13.2 Å². The SMILES string of the molecule is c1ccc(-c2ccc(Cn3cc4c(c3)OCCO4)cc2)cc1. The number of hydrogen-bond acceptors (Lipinski definition) is 2. The van der Waals surface area contributed by atoms with Crippen molar-refractivity contribution >= 4 is 0 Å². The molecule has 0 N–H and O–H groups in total. The highest BCUT2D eigenvalue weighted by molar-refractivity contribution is 5.63. The van der Waals surface area contributed by atoms with E-state index < -0.39 is 0 Å². The molecule has 2 heterocycles. The summed E-state index contributed by atoms with van der Waals surface area (Å²) in [6.45, 7) is 2.07. The minimum Gasteiger partial charge on any atom is -0.485 e. The molecule has 3 aromatic rings. The van der Waals surface area contributed by atoms with E-state index in [1.54, 1.807) is 0 Å². The Balaban J connectivity index is 1.53. The van der Waals surface area contributed by atoms with Gasteiger partial charge in [-0.3, -0.25) is 0 Å². The number of nitrogens with zero attached hydrogens (tertiary/aromatic N) is 1. The molecule has 0 saturated carbocycles. The van der Waals surface area contributed by atoms with Crippen molar-refractivity contribution in [3.63, 3.8) is 0 Å². The van der Waals surface area contributed by atoms with Crippen LogP contribution in [-0.2, 0) is 6.54 Å². The van der Waals surface area contributed by atoms with Crippen LogP contribution in [0.4, 0.5) is 0 Å². The van der Waals surface area contributed by atoms with Gasteiger partial charge in [0.1, 0.15) is 13.2 Å². The smallest absolute Gasteiger partial charge is 0.179 e. The van der Waals surface area contributed by atoms with Gasteiger partial charge >= 0.3 is 0 Å². The second-order valence-corrected chi connectivity index (χ2v) is 5.42. The summed E-state index contributed by atoms with van der Waals surface area (Å²) in [5.41, 5.74) is 3.74. The van der Waals surface area contributed by atoms with Crippen LogP contribution in [-0.4, -0.2) is 17.8 Å². The average molecular weight is 291 g/mol. The first kappa shape index (κ1) is 13.0. The van der Waals surface area contributed by atoms with E-state index >= 15 is 0 Å². The highest BCUT2D eigenvalue weighted by atomic mass is 16.6. The molecule has 0 spiro atoms. The fourth-order valence-corrected chi connectivity index (χ4v) is 2.72. The van der Waals surface area contributed by atoms with Crippen LogP contribution in [0.3, 0.4) is 0 Å². The van der Waals surface area contributed by atoms with E-state index in [2.05, 4.69) is 53.1 Å². The average Bonchev–Trinajstić information content (AvgIpc) is 2.98. The van der Waals surface area contributed by atoms with Gasteiger partial charge in [0, 0.05) is 6.54 Å². The van der Waals surface area contributed by atoms with E-state index in [0.717, 1.165) is 18.0 Å². The van der Waals surface area contributed by atoms with Gasteiger partial charge in [0.2, 0.25) is 0 Å². The molecular formula is C19H17NO2. The minimum atomic E-state index is 0.628. The first-order chi connectivity index (χ1) is 10.9. The third kappa shape index (κ3) is 2.58. The van der Waals surface area contributed by atoms with Gasteiger partial charge in [0.25, 0.3) is 0 Å². The van der Waals surface area contributed by atoms with Crippen molar-refractivity contribution in [2.45, 2.75) is 6.54 Å². The van der Waals surface area contributed by atoms with Crippen LogP contribution < -0.4 is 9.47 Å². The molecule has 0 saturated heterocycles. The van der Waals surface area contributed by atoms with E-state index in [1.165, 1.54) is 16.7 Å². The van der Waals surface area contributed by atoms with E-state index in [4.69, 9.17) is 9.47 Å². The second kappa shape index (κ2) is 5.60. The zero-order chi connectivity index (χ0) is 14.8. The fourth-order valence-electron chi connectivity index (χ4n) is 2.72. The summed E-state index contributed by atoms with van der Waals surface area (Å²) in [4.78, 5) is 0. The van der Waals surface area contributed by atoms with Crippen LogP contribution in [0.5, 0.6) is 11.5 Å². The van der Waals surface area contributed by atoms with E-state index in [1.807, 2.05) is 18.5 Å². The van der Waals surface area contributed by atoms with Gasteiger partial charge in [-0.2, -0.15) is 0 Å². The molecular weight excluding hydrogens is 274 g/mol. The first-order valence-corrected chi connectivity index (χ1v) is 7.48. The highest BCUT2D eigenvalue weighted by Crippen LogP contribution is 2.31. The highest BCUT2D eigenvalue weighted by Gasteiger charge is 2.14. The normalized spacial score (nSPS) is 13.1. The molecule has 110 valence electrons. The molecule has 0 unspecified atom stereocenters. The van der Waals surface area contributed by atoms with E-state index in [9.17, 15) is 0 Å². The predicted molar refractivity (Wildman–Crippen MR) is 86.4 cm³/mol. The van der Waals surface area contributed by atoms with Crippen LogP contribution in [0.25, 0.3) is 11.1 Å². The lowest BCUT2D eigenvalue weighted by molar-refractivity contribution is 0.173. The zero-order valence-electron chi connectivity index (χ0n) is 12.2. The van der Waals surface area contributed by atoms with Crippen LogP contribution in [0.2, 0.25) is 0 Å². The Hall–Kier alpha value is -2.68. The summed E-state index contributed by atoms with van der Waals surface area (Å²) < 4.78 is 13.3. The molecule has 3 heteroatoms. The van der Waals surface area contributed by atoms with Crippen LogP contribution in [0.1, 0.15) is 5.56 Å².